The molecule has 3 aliphatic rings. The SMILES string of the molecule is Cc1cc(Br)c(=O)n2c1C(=O)NC21CCC2(CC1)CC2C(=O)O. The van der Waals surface area contributed by atoms with Crippen molar-refractivity contribution in [2.24, 2.45) is 11.3 Å². The van der Waals surface area contributed by atoms with E-state index < -0.39 is 11.6 Å². The smallest absolute Gasteiger partial charge is 0.307 e. The summed E-state index contributed by atoms with van der Waals surface area (Å²) in [5.74, 6) is -1.21. The summed E-state index contributed by atoms with van der Waals surface area (Å²) < 4.78 is 2.05. The highest BCUT2D eigenvalue weighted by molar-refractivity contribution is 9.10. The number of pyridine rings is 1. The lowest BCUT2D eigenvalue weighted by Gasteiger charge is -2.39. The number of aromatic nitrogens is 1. The first-order chi connectivity index (χ1) is 10.8. The highest BCUT2D eigenvalue weighted by Crippen LogP contribution is 2.63. The van der Waals surface area contributed by atoms with Gasteiger partial charge in [0.1, 0.15) is 11.4 Å². The summed E-state index contributed by atoms with van der Waals surface area (Å²) >= 11 is 3.28. The van der Waals surface area contributed by atoms with Crippen molar-refractivity contribution < 1.29 is 14.7 Å². The van der Waals surface area contributed by atoms with Crippen LogP contribution in [0.25, 0.3) is 0 Å². The van der Waals surface area contributed by atoms with Crippen LogP contribution in [0.5, 0.6) is 0 Å². The van der Waals surface area contributed by atoms with E-state index in [4.69, 9.17) is 0 Å². The number of carbonyl (C=O) groups excluding carboxylic acids is 1. The minimum absolute atomic E-state index is 0.130. The van der Waals surface area contributed by atoms with Crippen LogP contribution in [-0.4, -0.2) is 21.6 Å². The van der Waals surface area contributed by atoms with Gasteiger partial charge in [-0.2, -0.15) is 0 Å². The summed E-state index contributed by atoms with van der Waals surface area (Å²) in [5, 5.41) is 12.2. The normalized spacial score (nSPS) is 34.5. The van der Waals surface area contributed by atoms with E-state index >= 15 is 0 Å². The van der Waals surface area contributed by atoms with Crippen molar-refractivity contribution in [1.29, 1.82) is 0 Å². The Labute approximate surface area is 141 Å². The van der Waals surface area contributed by atoms with Crippen LogP contribution in [0.2, 0.25) is 0 Å². The van der Waals surface area contributed by atoms with Gasteiger partial charge in [-0.1, -0.05) is 0 Å². The number of aryl methyl sites for hydroxylation is 1. The van der Waals surface area contributed by atoms with E-state index in [1.807, 2.05) is 6.92 Å². The molecular weight excluding hydrogens is 364 g/mol. The number of carboxylic acid groups (broad SMARTS) is 1. The maximum Gasteiger partial charge on any atom is 0.307 e. The number of carbonyl (C=O) groups is 2. The molecule has 2 spiro atoms. The molecule has 23 heavy (non-hydrogen) atoms. The molecule has 0 saturated heterocycles. The van der Waals surface area contributed by atoms with Crippen molar-refractivity contribution in [3.63, 3.8) is 0 Å². The van der Waals surface area contributed by atoms with Gasteiger partial charge in [0.2, 0.25) is 0 Å². The second kappa shape index (κ2) is 4.47. The number of rotatable bonds is 1. The maximum atomic E-state index is 12.6. The quantitative estimate of drug-likeness (QED) is 0.779. The standard InChI is InChI=1S/C16H17BrN2O4/c1-8-6-10(17)13(21)19-11(8)12(20)18-16(19)4-2-15(3-5-16)7-9(15)14(22)23/h6,9H,2-5,7H2,1H3,(H,18,20)(H,22,23). The molecule has 2 saturated carbocycles. The molecule has 0 radical (unpaired) electrons. The molecular formula is C16H17BrN2O4. The van der Waals surface area contributed by atoms with E-state index in [0.717, 1.165) is 18.4 Å². The van der Waals surface area contributed by atoms with Gasteiger partial charge in [0, 0.05) is 0 Å². The van der Waals surface area contributed by atoms with E-state index in [0.29, 0.717) is 29.4 Å². The van der Waals surface area contributed by atoms with Crippen LogP contribution in [0.3, 0.4) is 0 Å². The fraction of sp³-hybridized carbons (Fsp3) is 0.562. The number of nitrogens with one attached hydrogen (secondary N) is 1. The first-order valence-corrected chi connectivity index (χ1v) is 8.57. The summed E-state index contributed by atoms with van der Waals surface area (Å²) in [5.41, 5.74) is 0.163. The number of hydrogen-bond donors (Lipinski definition) is 2. The summed E-state index contributed by atoms with van der Waals surface area (Å²) in [6.45, 7) is 1.82. The Hall–Kier alpha value is -1.63. The van der Waals surface area contributed by atoms with Crippen molar-refractivity contribution in [1.82, 2.24) is 9.88 Å². The lowest BCUT2D eigenvalue weighted by molar-refractivity contribution is -0.139. The average molecular weight is 381 g/mol. The topological polar surface area (TPSA) is 88.4 Å². The van der Waals surface area contributed by atoms with Gasteiger partial charge in [0.25, 0.3) is 11.5 Å². The van der Waals surface area contributed by atoms with Crippen LogP contribution in [0.1, 0.15) is 48.2 Å². The Morgan fingerprint density at radius 1 is 1.35 bits per heavy atom. The van der Waals surface area contributed by atoms with Crippen LogP contribution in [0, 0.1) is 18.3 Å². The second-order valence-electron chi connectivity index (χ2n) is 7.11. The van der Waals surface area contributed by atoms with Crippen molar-refractivity contribution in [2.45, 2.75) is 44.7 Å². The Bertz CT molecular complexity index is 805. The van der Waals surface area contributed by atoms with Crippen molar-refractivity contribution in [3.05, 3.63) is 32.2 Å². The van der Waals surface area contributed by atoms with Crippen LogP contribution in [0.4, 0.5) is 0 Å². The molecule has 2 heterocycles. The van der Waals surface area contributed by atoms with Gasteiger partial charge in [-0.3, -0.25) is 19.0 Å². The molecule has 2 aliphatic carbocycles. The third-order valence-electron chi connectivity index (χ3n) is 5.90. The Morgan fingerprint density at radius 3 is 2.57 bits per heavy atom. The predicted molar refractivity (Wildman–Crippen MR) is 85.2 cm³/mol. The Kier molecular flexibility index (Phi) is 2.90. The molecule has 1 unspecified atom stereocenters. The summed E-state index contributed by atoms with van der Waals surface area (Å²) in [6.07, 6.45) is 3.37. The van der Waals surface area contributed by atoms with Crippen LogP contribution in [0.15, 0.2) is 15.3 Å². The minimum Gasteiger partial charge on any atom is -0.481 e. The van der Waals surface area contributed by atoms with Gasteiger partial charge >= 0.3 is 5.97 Å². The van der Waals surface area contributed by atoms with E-state index in [1.54, 1.807) is 10.6 Å². The molecule has 1 aliphatic heterocycles. The summed E-state index contributed by atoms with van der Waals surface area (Å²) in [6, 6.07) is 1.68. The average Bonchev–Trinajstić information content (AvgIpc) is 3.12. The number of fused-ring (bicyclic) bond motifs is 2. The van der Waals surface area contributed by atoms with Crippen molar-refractivity contribution >= 4 is 27.8 Å². The first kappa shape index (κ1) is 14.9. The fourth-order valence-electron chi connectivity index (χ4n) is 4.48. The van der Waals surface area contributed by atoms with Crippen molar-refractivity contribution in [2.75, 3.05) is 0 Å². The first-order valence-electron chi connectivity index (χ1n) is 7.78. The van der Waals surface area contributed by atoms with Gasteiger partial charge in [-0.25, -0.2) is 0 Å². The van der Waals surface area contributed by atoms with Crippen LogP contribution < -0.4 is 10.9 Å². The van der Waals surface area contributed by atoms with Gasteiger partial charge in [0.15, 0.2) is 0 Å². The number of aliphatic carboxylic acids is 1. The Morgan fingerprint density at radius 2 is 2.00 bits per heavy atom. The summed E-state index contributed by atoms with van der Waals surface area (Å²) in [7, 11) is 0. The zero-order valence-electron chi connectivity index (χ0n) is 12.7. The van der Waals surface area contributed by atoms with E-state index in [9.17, 15) is 19.5 Å². The van der Waals surface area contributed by atoms with Gasteiger partial charge < -0.3 is 10.4 Å². The van der Waals surface area contributed by atoms with E-state index in [-0.39, 0.29) is 22.8 Å². The van der Waals surface area contributed by atoms with E-state index in [2.05, 4.69) is 21.2 Å². The zero-order chi connectivity index (χ0) is 16.6. The number of halogens is 1. The largest absolute Gasteiger partial charge is 0.481 e. The third kappa shape index (κ3) is 1.89. The Balaban J connectivity index is 1.73. The lowest BCUT2D eigenvalue weighted by Crippen LogP contribution is -2.50. The number of hydrogen-bond acceptors (Lipinski definition) is 3. The molecule has 1 aromatic rings. The molecule has 4 rings (SSSR count). The van der Waals surface area contributed by atoms with Gasteiger partial charge in [0.05, 0.1) is 10.4 Å². The highest BCUT2D eigenvalue weighted by Gasteiger charge is 2.62. The lowest BCUT2D eigenvalue weighted by atomic mass is 9.78. The minimum atomic E-state index is -0.729. The molecule has 1 aromatic heterocycles. The zero-order valence-corrected chi connectivity index (χ0v) is 14.3. The molecule has 122 valence electrons. The summed E-state index contributed by atoms with van der Waals surface area (Å²) in [4.78, 5) is 36.2. The maximum absolute atomic E-state index is 12.6. The predicted octanol–water partition coefficient (Wildman–Crippen LogP) is 1.98. The monoisotopic (exact) mass is 380 g/mol. The van der Waals surface area contributed by atoms with Crippen LogP contribution >= 0.6 is 15.9 Å². The third-order valence-corrected chi connectivity index (χ3v) is 6.47. The van der Waals surface area contributed by atoms with Crippen LogP contribution in [-0.2, 0) is 10.5 Å². The molecule has 1 atom stereocenters. The fourth-order valence-corrected chi connectivity index (χ4v) is 5.00. The van der Waals surface area contributed by atoms with Gasteiger partial charge in [-0.05, 0) is 72.0 Å². The molecule has 0 aromatic carbocycles. The second-order valence-corrected chi connectivity index (χ2v) is 7.96. The molecule has 2 N–H and O–H groups in total. The number of nitrogens with zero attached hydrogens (tertiary/aromatic N) is 1. The molecule has 2 fully saturated rings. The number of amides is 1. The highest BCUT2D eigenvalue weighted by atomic mass is 79.9. The molecule has 7 heteroatoms. The van der Waals surface area contributed by atoms with Gasteiger partial charge in [-0.15, -0.1) is 0 Å². The number of carboxylic acids is 1. The van der Waals surface area contributed by atoms with Crippen molar-refractivity contribution in [3.8, 4) is 0 Å². The van der Waals surface area contributed by atoms with E-state index in [1.165, 1.54) is 0 Å². The molecule has 1 amide bonds. The molecule has 0 bridgehead atoms. The molecule has 6 nitrogen and oxygen atoms in total.